The molecule has 0 atom stereocenters. The highest BCUT2D eigenvalue weighted by Gasteiger charge is 2.10. The van der Waals surface area contributed by atoms with Gasteiger partial charge in [0.2, 0.25) is 0 Å². The summed E-state index contributed by atoms with van der Waals surface area (Å²) >= 11 is 0. The molecule has 5 heteroatoms. The van der Waals surface area contributed by atoms with Gasteiger partial charge in [0.25, 0.3) is 5.91 Å². The van der Waals surface area contributed by atoms with Crippen molar-refractivity contribution in [2.75, 3.05) is 5.32 Å². The smallest absolute Gasteiger partial charge is 0.300 e. The highest BCUT2D eigenvalue weighted by molar-refractivity contribution is 6.03. The largest absolute Gasteiger partial charge is 0.326 e. The molecular formula is C10H8F2N2O. The van der Waals surface area contributed by atoms with Gasteiger partial charge in [-0.25, -0.2) is 8.78 Å². The maximum Gasteiger partial charge on any atom is 0.300 e. The number of nitrogens with two attached hydrogens (primary N) is 1. The number of hydrogen-bond donors (Lipinski definition) is 2. The molecule has 0 heterocycles. The molecule has 0 aliphatic rings. The second kappa shape index (κ2) is 4.53. The molecule has 0 radical (unpaired) electrons. The lowest BCUT2D eigenvalue weighted by atomic mass is 10.1. The van der Waals surface area contributed by atoms with Crippen molar-refractivity contribution in [1.29, 1.82) is 0 Å². The van der Waals surface area contributed by atoms with Crippen LogP contribution >= 0.6 is 0 Å². The molecule has 0 aromatic heterocycles. The second-order valence-corrected chi connectivity index (χ2v) is 2.73. The molecule has 0 saturated heterocycles. The molecule has 0 saturated carbocycles. The summed E-state index contributed by atoms with van der Waals surface area (Å²) in [5.74, 6) is -1.04. The molecule has 3 nitrogen and oxygen atoms in total. The van der Waals surface area contributed by atoms with Crippen LogP contribution < -0.4 is 11.1 Å². The molecular weight excluding hydrogens is 202 g/mol. The van der Waals surface area contributed by atoms with Crippen LogP contribution in [0.5, 0.6) is 0 Å². The van der Waals surface area contributed by atoms with E-state index < -0.39 is 17.5 Å². The molecule has 3 N–H and O–H groups in total. The molecule has 1 amide bonds. The lowest BCUT2D eigenvalue weighted by Crippen LogP contribution is -2.12. The number of rotatable bonds is 2. The van der Waals surface area contributed by atoms with E-state index in [2.05, 4.69) is 5.32 Å². The summed E-state index contributed by atoms with van der Waals surface area (Å²) in [5, 5.41) is 2.22. The minimum Gasteiger partial charge on any atom is -0.326 e. The molecule has 0 aliphatic heterocycles. The number of carbonyl (C=O) groups excluding carboxylic acids is 1. The van der Waals surface area contributed by atoms with Crippen molar-refractivity contribution >= 4 is 11.6 Å². The van der Waals surface area contributed by atoms with Crippen LogP contribution in [0, 0.1) is 24.0 Å². The van der Waals surface area contributed by atoms with Gasteiger partial charge < -0.3 is 11.1 Å². The predicted molar refractivity (Wildman–Crippen MR) is 51.7 cm³/mol. The Balaban J connectivity index is 3.11. The first-order chi connectivity index (χ1) is 7.08. The molecule has 78 valence electrons. The molecule has 0 aliphatic carbocycles. The van der Waals surface area contributed by atoms with Crippen molar-refractivity contribution in [2.45, 2.75) is 6.54 Å². The summed E-state index contributed by atoms with van der Waals surface area (Å²) in [6.45, 7) is -0.0304. The van der Waals surface area contributed by atoms with E-state index in [4.69, 9.17) is 12.2 Å². The van der Waals surface area contributed by atoms with Crippen LogP contribution in [0.15, 0.2) is 12.1 Å². The van der Waals surface area contributed by atoms with Gasteiger partial charge in [-0.2, -0.15) is 0 Å². The Hall–Kier alpha value is -1.93. The average Bonchev–Trinajstić information content (AvgIpc) is 2.22. The zero-order chi connectivity index (χ0) is 11.4. The Kier molecular flexibility index (Phi) is 3.37. The fourth-order valence-corrected chi connectivity index (χ4v) is 1.03. The summed E-state index contributed by atoms with van der Waals surface area (Å²) in [4.78, 5) is 10.8. The number of hydrogen-bond acceptors (Lipinski definition) is 2. The summed E-state index contributed by atoms with van der Waals surface area (Å²) < 4.78 is 25.6. The van der Waals surface area contributed by atoms with Crippen LogP contribution in [0.3, 0.4) is 0 Å². The molecule has 1 rings (SSSR count). The Labute approximate surface area is 85.3 Å². The van der Waals surface area contributed by atoms with Gasteiger partial charge in [-0.3, -0.25) is 4.79 Å². The quantitative estimate of drug-likeness (QED) is 0.715. The first kappa shape index (κ1) is 11.1. The van der Waals surface area contributed by atoms with E-state index in [1.54, 1.807) is 5.92 Å². The standard InChI is InChI=1S/C10H8F2N2O/c1-2-10(15)14-9-4-8(12)7(11)3-6(9)5-13/h1,3-4H,5,13H2,(H,14,15). The number of amides is 1. The zero-order valence-electron chi connectivity index (χ0n) is 7.68. The van der Waals surface area contributed by atoms with E-state index in [9.17, 15) is 13.6 Å². The second-order valence-electron chi connectivity index (χ2n) is 2.73. The van der Waals surface area contributed by atoms with E-state index in [-0.39, 0.29) is 17.8 Å². The van der Waals surface area contributed by atoms with Crippen molar-refractivity contribution < 1.29 is 13.6 Å². The minimum atomic E-state index is -1.07. The van der Waals surface area contributed by atoms with Crippen LogP contribution in [0.2, 0.25) is 0 Å². The number of halogens is 2. The monoisotopic (exact) mass is 210 g/mol. The molecule has 0 spiro atoms. The van der Waals surface area contributed by atoms with Gasteiger partial charge in [0.05, 0.1) is 0 Å². The summed E-state index contributed by atoms with van der Waals surface area (Å²) in [6.07, 6.45) is 4.82. The van der Waals surface area contributed by atoms with Gasteiger partial charge in [-0.15, -0.1) is 6.42 Å². The van der Waals surface area contributed by atoms with E-state index in [1.807, 2.05) is 0 Å². The van der Waals surface area contributed by atoms with Crippen molar-refractivity contribution in [3.63, 3.8) is 0 Å². The van der Waals surface area contributed by atoms with E-state index in [0.29, 0.717) is 0 Å². The van der Waals surface area contributed by atoms with E-state index >= 15 is 0 Å². The number of benzene rings is 1. The molecule has 1 aromatic carbocycles. The highest BCUT2D eigenvalue weighted by atomic mass is 19.2. The molecule has 0 bridgehead atoms. The van der Waals surface area contributed by atoms with Gasteiger partial charge in [0.1, 0.15) is 0 Å². The lowest BCUT2D eigenvalue weighted by Gasteiger charge is -2.08. The van der Waals surface area contributed by atoms with Crippen molar-refractivity contribution in [2.24, 2.45) is 5.73 Å². The Bertz CT molecular complexity index is 438. The van der Waals surface area contributed by atoms with Gasteiger partial charge in [-0.1, -0.05) is 0 Å². The van der Waals surface area contributed by atoms with Crippen LogP contribution in [0.4, 0.5) is 14.5 Å². The molecule has 1 aromatic rings. The Morgan fingerprint density at radius 3 is 2.60 bits per heavy atom. The summed E-state index contributed by atoms with van der Waals surface area (Å²) in [5.41, 5.74) is 5.65. The number of nitrogens with one attached hydrogen (secondary N) is 1. The van der Waals surface area contributed by atoms with E-state index in [1.165, 1.54) is 0 Å². The number of anilines is 1. The Morgan fingerprint density at radius 1 is 1.47 bits per heavy atom. The normalized spacial score (nSPS) is 9.47. The van der Waals surface area contributed by atoms with Gasteiger partial charge in [0, 0.05) is 18.3 Å². The molecule has 15 heavy (non-hydrogen) atoms. The maximum absolute atomic E-state index is 12.8. The van der Waals surface area contributed by atoms with Crippen molar-refractivity contribution in [1.82, 2.24) is 0 Å². The third-order valence-corrected chi connectivity index (χ3v) is 1.75. The van der Waals surface area contributed by atoms with Crippen molar-refractivity contribution in [3.8, 4) is 12.3 Å². The van der Waals surface area contributed by atoms with Gasteiger partial charge in [0.15, 0.2) is 11.6 Å². The zero-order valence-corrected chi connectivity index (χ0v) is 7.68. The van der Waals surface area contributed by atoms with Crippen LogP contribution in [-0.4, -0.2) is 5.91 Å². The van der Waals surface area contributed by atoms with E-state index in [0.717, 1.165) is 12.1 Å². The fourth-order valence-electron chi connectivity index (χ4n) is 1.03. The highest BCUT2D eigenvalue weighted by Crippen LogP contribution is 2.19. The molecule has 0 fully saturated rings. The third-order valence-electron chi connectivity index (χ3n) is 1.75. The van der Waals surface area contributed by atoms with Crippen molar-refractivity contribution in [3.05, 3.63) is 29.3 Å². The Morgan fingerprint density at radius 2 is 2.07 bits per heavy atom. The molecule has 0 unspecified atom stereocenters. The average molecular weight is 210 g/mol. The van der Waals surface area contributed by atoms with Crippen LogP contribution in [0.25, 0.3) is 0 Å². The fraction of sp³-hybridized carbons (Fsp3) is 0.100. The third kappa shape index (κ3) is 2.51. The summed E-state index contributed by atoms with van der Waals surface area (Å²) in [7, 11) is 0. The first-order valence-corrected chi connectivity index (χ1v) is 4.04. The van der Waals surface area contributed by atoms with Gasteiger partial charge in [-0.05, 0) is 17.6 Å². The number of carbonyl (C=O) groups is 1. The minimum absolute atomic E-state index is 0.0304. The SMILES string of the molecule is C#CC(=O)Nc1cc(F)c(F)cc1CN. The van der Waals surface area contributed by atoms with Gasteiger partial charge >= 0.3 is 0 Å². The lowest BCUT2D eigenvalue weighted by molar-refractivity contribution is -0.111. The number of terminal acetylenes is 1. The van der Waals surface area contributed by atoms with Crippen LogP contribution in [-0.2, 0) is 11.3 Å². The first-order valence-electron chi connectivity index (χ1n) is 4.04. The topological polar surface area (TPSA) is 55.1 Å². The van der Waals surface area contributed by atoms with Crippen LogP contribution in [0.1, 0.15) is 5.56 Å². The predicted octanol–water partition coefficient (Wildman–Crippen LogP) is 0.995. The summed E-state index contributed by atoms with van der Waals surface area (Å²) in [6, 6.07) is 1.76. The maximum atomic E-state index is 12.8.